The molecule has 1 aromatic carbocycles. The Morgan fingerprint density at radius 1 is 1.35 bits per heavy atom. The van der Waals surface area contributed by atoms with Crippen LogP contribution >= 0.6 is 27.3 Å². The van der Waals surface area contributed by atoms with E-state index < -0.39 is 5.97 Å². The van der Waals surface area contributed by atoms with Crippen molar-refractivity contribution in [3.05, 3.63) is 45.5 Å². The van der Waals surface area contributed by atoms with Gasteiger partial charge in [0.1, 0.15) is 5.01 Å². The fourth-order valence-corrected chi connectivity index (χ4v) is 3.40. The zero-order valence-electron chi connectivity index (χ0n) is 10.4. The van der Waals surface area contributed by atoms with Crippen molar-refractivity contribution in [2.24, 2.45) is 0 Å². The van der Waals surface area contributed by atoms with E-state index in [1.165, 1.54) is 11.3 Å². The Kier molecular flexibility index (Phi) is 3.27. The van der Waals surface area contributed by atoms with Gasteiger partial charge in [0.05, 0.1) is 5.52 Å². The second-order valence-corrected chi connectivity index (χ2v) is 6.28. The molecule has 0 aliphatic heterocycles. The lowest BCUT2D eigenvalue weighted by Crippen LogP contribution is -1.98. The zero-order chi connectivity index (χ0) is 14.3. The topological polar surface area (TPSA) is 63.1 Å². The van der Waals surface area contributed by atoms with Crippen LogP contribution in [0.2, 0.25) is 0 Å². The number of aryl methyl sites for hydroxylation is 1. The average molecular weight is 349 g/mol. The molecule has 4 nitrogen and oxygen atoms in total. The third kappa shape index (κ3) is 2.10. The first-order valence-electron chi connectivity index (χ1n) is 5.82. The minimum Gasteiger partial charge on any atom is -0.476 e. The van der Waals surface area contributed by atoms with E-state index >= 15 is 0 Å². The van der Waals surface area contributed by atoms with Crippen molar-refractivity contribution in [1.82, 2.24) is 9.97 Å². The van der Waals surface area contributed by atoms with Gasteiger partial charge in [0, 0.05) is 26.5 Å². The molecule has 0 spiro atoms. The van der Waals surface area contributed by atoms with Crippen molar-refractivity contribution in [1.29, 1.82) is 0 Å². The number of rotatable bonds is 2. The number of pyridine rings is 1. The highest BCUT2D eigenvalue weighted by Crippen LogP contribution is 2.34. The van der Waals surface area contributed by atoms with E-state index in [1.54, 1.807) is 13.1 Å². The van der Waals surface area contributed by atoms with Gasteiger partial charge >= 0.3 is 5.97 Å². The smallest absolute Gasteiger partial charge is 0.355 e. The largest absolute Gasteiger partial charge is 0.476 e. The molecule has 1 N–H and O–H groups in total. The van der Waals surface area contributed by atoms with Crippen molar-refractivity contribution in [3.8, 4) is 10.6 Å². The Morgan fingerprint density at radius 3 is 2.85 bits per heavy atom. The fourth-order valence-electron chi connectivity index (χ4n) is 2.02. The minimum absolute atomic E-state index is 0.108. The average Bonchev–Trinajstić information content (AvgIpc) is 2.81. The number of carbonyl (C=O) groups is 1. The van der Waals surface area contributed by atoms with Gasteiger partial charge in [-0.2, -0.15) is 0 Å². The van der Waals surface area contributed by atoms with Crippen LogP contribution < -0.4 is 0 Å². The molecule has 3 rings (SSSR count). The summed E-state index contributed by atoms with van der Waals surface area (Å²) < 4.78 is 0.955. The number of carboxylic acid groups (broad SMARTS) is 1. The van der Waals surface area contributed by atoms with Crippen LogP contribution in [0, 0.1) is 6.92 Å². The lowest BCUT2D eigenvalue weighted by atomic mass is 10.1. The lowest BCUT2D eigenvalue weighted by molar-refractivity contribution is 0.0690. The highest BCUT2D eigenvalue weighted by molar-refractivity contribution is 9.10. The second-order valence-electron chi connectivity index (χ2n) is 4.22. The SMILES string of the molecule is Cc1sc(-c2ccc(Br)c3cccnc23)nc1C(=O)O. The van der Waals surface area contributed by atoms with Crippen LogP contribution in [0.1, 0.15) is 15.4 Å². The van der Waals surface area contributed by atoms with Gasteiger partial charge in [0.2, 0.25) is 0 Å². The van der Waals surface area contributed by atoms with Gasteiger partial charge in [-0.1, -0.05) is 22.0 Å². The molecule has 0 fully saturated rings. The Morgan fingerprint density at radius 2 is 2.15 bits per heavy atom. The molecule has 100 valence electrons. The van der Waals surface area contributed by atoms with Gasteiger partial charge in [-0.15, -0.1) is 11.3 Å². The molecule has 20 heavy (non-hydrogen) atoms. The summed E-state index contributed by atoms with van der Waals surface area (Å²) in [6.45, 7) is 1.76. The first-order chi connectivity index (χ1) is 9.58. The van der Waals surface area contributed by atoms with Crippen molar-refractivity contribution in [2.75, 3.05) is 0 Å². The van der Waals surface area contributed by atoms with Crippen molar-refractivity contribution >= 4 is 44.1 Å². The second kappa shape index (κ2) is 4.96. The standard InChI is InChI=1S/C14H9BrN2O2S/c1-7-11(14(18)19)17-13(20-7)9-4-5-10(15)8-3-2-6-16-12(8)9/h2-6H,1H3,(H,18,19). The molecule has 0 saturated carbocycles. The van der Waals surface area contributed by atoms with Gasteiger partial charge in [0.25, 0.3) is 0 Å². The lowest BCUT2D eigenvalue weighted by Gasteiger charge is -2.04. The molecule has 0 radical (unpaired) electrons. The molecule has 0 bridgehead atoms. The number of hydrogen-bond acceptors (Lipinski definition) is 4. The van der Waals surface area contributed by atoms with Crippen molar-refractivity contribution in [2.45, 2.75) is 6.92 Å². The fraction of sp³-hybridized carbons (Fsp3) is 0.0714. The monoisotopic (exact) mass is 348 g/mol. The van der Waals surface area contributed by atoms with Crippen LogP contribution in [-0.2, 0) is 0 Å². The van der Waals surface area contributed by atoms with Gasteiger partial charge < -0.3 is 5.11 Å². The molecular weight excluding hydrogens is 340 g/mol. The molecule has 0 amide bonds. The Bertz CT molecular complexity index is 829. The van der Waals surface area contributed by atoms with Crippen LogP contribution in [-0.4, -0.2) is 21.0 Å². The van der Waals surface area contributed by atoms with E-state index in [1.807, 2.05) is 24.3 Å². The highest BCUT2D eigenvalue weighted by Gasteiger charge is 2.17. The Labute approximate surface area is 127 Å². The number of fused-ring (bicyclic) bond motifs is 1. The number of halogens is 1. The molecule has 3 aromatic rings. The molecule has 2 aromatic heterocycles. The van der Waals surface area contributed by atoms with Crippen LogP contribution in [0.4, 0.5) is 0 Å². The molecular formula is C14H9BrN2O2S. The molecule has 2 heterocycles. The molecule has 0 atom stereocenters. The van der Waals surface area contributed by atoms with E-state index in [-0.39, 0.29) is 5.69 Å². The summed E-state index contributed by atoms with van der Waals surface area (Å²) in [4.78, 5) is 20.4. The number of aromatic carboxylic acids is 1. The highest BCUT2D eigenvalue weighted by atomic mass is 79.9. The van der Waals surface area contributed by atoms with Crippen LogP contribution in [0.25, 0.3) is 21.5 Å². The van der Waals surface area contributed by atoms with Crippen LogP contribution in [0.3, 0.4) is 0 Å². The number of carboxylic acids is 1. The Hall–Kier alpha value is -1.79. The van der Waals surface area contributed by atoms with E-state index in [4.69, 9.17) is 5.11 Å². The zero-order valence-corrected chi connectivity index (χ0v) is 12.8. The van der Waals surface area contributed by atoms with E-state index in [9.17, 15) is 4.79 Å². The number of aromatic nitrogens is 2. The van der Waals surface area contributed by atoms with E-state index in [0.717, 1.165) is 20.9 Å². The van der Waals surface area contributed by atoms with Gasteiger partial charge in [-0.05, 0) is 25.1 Å². The summed E-state index contributed by atoms with van der Waals surface area (Å²) in [6.07, 6.45) is 1.72. The quantitative estimate of drug-likeness (QED) is 0.756. The molecule has 0 saturated heterocycles. The summed E-state index contributed by atoms with van der Waals surface area (Å²) in [5.41, 5.74) is 1.77. The molecule has 0 aliphatic rings. The first-order valence-corrected chi connectivity index (χ1v) is 7.43. The maximum absolute atomic E-state index is 11.1. The molecule has 6 heteroatoms. The summed E-state index contributed by atoms with van der Waals surface area (Å²) in [7, 11) is 0. The van der Waals surface area contributed by atoms with Crippen LogP contribution in [0.15, 0.2) is 34.9 Å². The van der Waals surface area contributed by atoms with Gasteiger partial charge in [-0.25, -0.2) is 9.78 Å². The van der Waals surface area contributed by atoms with Crippen molar-refractivity contribution < 1.29 is 9.90 Å². The normalized spacial score (nSPS) is 10.9. The molecule has 0 unspecified atom stereocenters. The number of nitrogens with zero attached hydrogens (tertiary/aromatic N) is 2. The van der Waals surface area contributed by atoms with Gasteiger partial charge in [0.15, 0.2) is 5.69 Å². The van der Waals surface area contributed by atoms with E-state index in [0.29, 0.717) is 9.88 Å². The number of thiazole rings is 1. The predicted octanol–water partition coefficient (Wildman–Crippen LogP) is 4.13. The van der Waals surface area contributed by atoms with Crippen molar-refractivity contribution in [3.63, 3.8) is 0 Å². The van der Waals surface area contributed by atoms with Crippen LogP contribution in [0.5, 0.6) is 0 Å². The van der Waals surface area contributed by atoms with Gasteiger partial charge in [-0.3, -0.25) is 4.98 Å². The molecule has 0 aliphatic carbocycles. The summed E-state index contributed by atoms with van der Waals surface area (Å²) in [6, 6.07) is 7.67. The first kappa shape index (κ1) is 13.2. The summed E-state index contributed by atoms with van der Waals surface area (Å²) in [5, 5.41) is 10.8. The number of benzene rings is 1. The van der Waals surface area contributed by atoms with E-state index in [2.05, 4.69) is 25.9 Å². The summed E-state index contributed by atoms with van der Waals surface area (Å²) >= 11 is 4.86. The summed E-state index contributed by atoms with van der Waals surface area (Å²) in [5.74, 6) is -1.00. The number of hydrogen-bond donors (Lipinski definition) is 1. The minimum atomic E-state index is -1.00. The third-order valence-electron chi connectivity index (χ3n) is 2.95. The Balaban J connectivity index is 2.28. The predicted molar refractivity (Wildman–Crippen MR) is 82.2 cm³/mol. The maximum Gasteiger partial charge on any atom is 0.355 e. The third-order valence-corrected chi connectivity index (χ3v) is 4.64. The maximum atomic E-state index is 11.1.